The summed E-state index contributed by atoms with van der Waals surface area (Å²) in [6, 6.07) is 8.05. The van der Waals surface area contributed by atoms with Gasteiger partial charge in [0.1, 0.15) is 0 Å². The van der Waals surface area contributed by atoms with Gasteiger partial charge in [0.2, 0.25) is 11.8 Å². The zero-order valence-corrected chi connectivity index (χ0v) is 11.8. The summed E-state index contributed by atoms with van der Waals surface area (Å²) in [6.07, 6.45) is 1.35. The van der Waals surface area contributed by atoms with Crippen LogP contribution in [0.25, 0.3) is 0 Å². The Morgan fingerprint density at radius 3 is 2.16 bits per heavy atom. The molecule has 0 aliphatic carbocycles. The van der Waals surface area contributed by atoms with Crippen LogP contribution < -0.4 is 10.6 Å². The lowest BCUT2D eigenvalue weighted by molar-refractivity contribution is -0.125. The Labute approximate surface area is 114 Å². The molecule has 104 valence electrons. The molecule has 0 fully saturated rings. The Morgan fingerprint density at radius 1 is 1.05 bits per heavy atom. The van der Waals surface area contributed by atoms with E-state index in [4.69, 9.17) is 0 Å². The van der Waals surface area contributed by atoms with Crippen molar-refractivity contribution < 1.29 is 9.59 Å². The fourth-order valence-corrected chi connectivity index (χ4v) is 1.78. The summed E-state index contributed by atoms with van der Waals surface area (Å²) >= 11 is 0. The minimum absolute atomic E-state index is 0.0285. The SMILES string of the molecule is CNC(=O)CNC(=O)Cc1ccc(CC(C)C)cc1. The number of carbonyl (C=O) groups is 2. The van der Waals surface area contributed by atoms with Gasteiger partial charge in [-0.25, -0.2) is 0 Å². The van der Waals surface area contributed by atoms with E-state index in [1.165, 1.54) is 5.56 Å². The van der Waals surface area contributed by atoms with Crippen molar-refractivity contribution in [1.29, 1.82) is 0 Å². The number of rotatable bonds is 6. The summed E-state index contributed by atoms with van der Waals surface area (Å²) in [7, 11) is 1.54. The normalized spacial score (nSPS) is 10.3. The van der Waals surface area contributed by atoms with Crippen LogP contribution >= 0.6 is 0 Å². The fraction of sp³-hybridized carbons (Fsp3) is 0.467. The van der Waals surface area contributed by atoms with E-state index in [9.17, 15) is 9.59 Å². The molecule has 0 spiro atoms. The summed E-state index contributed by atoms with van der Waals surface area (Å²) in [5, 5.41) is 5.03. The maximum Gasteiger partial charge on any atom is 0.239 e. The van der Waals surface area contributed by atoms with E-state index < -0.39 is 0 Å². The lowest BCUT2D eigenvalue weighted by Gasteiger charge is -2.07. The summed E-state index contributed by atoms with van der Waals surface area (Å²) in [4.78, 5) is 22.6. The Hall–Kier alpha value is -1.84. The minimum Gasteiger partial charge on any atom is -0.358 e. The molecule has 4 heteroatoms. The van der Waals surface area contributed by atoms with Crippen LogP contribution in [0.4, 0.5) is 0 Å². The molecule has 1 aromatic rings. The second kappa shape index (κ2) is 7.56. The van der Waals surface area contributed by atoms with Crippen molar-refractivity contribution >= 4 is 11.8 Å². The van der Waals surface area contributed by atoms with Crippen molar-refractivity contribution in [2.75, 3.05) is 13.6 Å². The third-order valence-corrected chi connectivity index (χ3v) is 2.76. The van der Waals surface area contributed by atoms with Gasteiger partial charge in [0.25, 0.3) is 0 Å². The molecule has 4 nitrogen and oxygen atoms in total. The van der Waals surface area contributed by atoms with Crippen molar-refractivity contribution in [3.63, 3.8) is 0 Å². The third kappa shape index (κ3) is 6.04. The van der Waals surface area contributed by atoms with E-state index in [0.29, 0.717) is 12.3 Å². The molecule has 0 heterocycles. The van der Waals surface area contributed by atoms with Crippen molar-refractivity contribution in [1.82, 2.24) is 10.6 Å². The van der Waals surface area contributed by atoms with E-state index in [1.54, 1.807) is 7.05 Å². The highest BCUT2D eigenvalue weighted by atomic mass is 16.2. The molecule has 0 aromatic heterocycles. The largest absolute Gasteiger partial charge is 0.358 e. The number of benzene rings is 1. The minimum atomic E-state index is -0.194. The van der Waals surface area contributed by atoms with Crippen LogP contribution in [0.2, 0.25) is 0 Å². The topological polar surface area (TPSA) is 58.2 Å². The number of hydrogen-bond acceptors (Lipinski definition) is 2. The molecule has 1 aromatic carbocycles. The Bertz CT molecular complexity index is 424. The van der Waals surface area contributed by atoms with Gasteiger partial charge < -0.3 is 10.6 Å². The quantitative estimate of drug-likeness (QED) is 0.811. The monoisotopic (exact) mass is 262 g/mol. The fourth-order valence-electron chi connectivity index (χ4n) is 1.78. The van der Waals surface area contributed by atoms with E-state index in [0.717, 1.165) is 12.0 Å². The van der Waals surface area contributed by atoms with Crippen LogP contribution in [0.1, 0.15) is 25.0 Å². The Morgan fingerprint density at radius 2 is 1.63 bits per heavy atom. The summed E-state index contributed by atoms with van der Waals surface area (Å²) in [6.45, 7) is 4.39. The van der Waals surface area contributed by atoms with E-state index >= 15 is 0 Å². The van der Waals surface area contributed by atoms with Gasteiger partial charge in [-0.1, -0.05) is 38.1 Å². The number of carbonyl (C=O) groups excluding carboxylic acids is 2. The molecule has 2 amide bonds. The maximum absolute atomic E-state index is 11.6. The van der Waals surface area contributed by atoms with Gasteiger partial charge in [-0.15, -0.1) is 0 Å². The molecule has 0 aliphatic heterocycles. The van der Waals surface area contributed by atoms with Crippen LogP contribution in [0.3, 0.4) is 0 Å². The highest BCUT2D eigenvalue weighted by Gasteiger charge is 2.05. The third-order valence-electron chi connectivity index (χ3n) is 2.76. The molecule has 0 bridgehead atoms. The first-order chi connectivity index (χ1) is 9.01. The number of nitrogens with one attached hydrogen (secondary N) is 2. The van der Waals surface area contributed by atoms with Gasteiger partial charge in [-0.2, -0.15) is 0 Å². The zero-order chi connectivity index (χ0) is 14.3. The molecule has 0 radical (unpaired) electrons. The first kappa shape index (κ1) is 15.2. The summed E-state index contributed by atoms with van der Waals surface area (Å²) in [5.74, 6) is 0.294. The predicted molar refractivity (Wildman–Crippen MR) is 75.8 cm³/mol. The van der Waals surface area contributed by atoms with E-state index in [2.05, 4.69) is 36.6 Å². The number of amides is 2. The van der Waals surface area contributed by atoms with E-state index in [-0.39, 0.29) is 18.4 Å². The van der Waals surface area contributed by atoms with Crippen molar-refractivity contribution in [2.24, 2.45) is 5.92 Å². The molecule has 1 rings (SSSR count). The predicted octanol–water partition coefficient (Wildman–Crippen LogP) is 1.29. The lowest BCUT2D eigenvalue weighted by atomic mass is 10.0. The second-order valence-corrected chi connectivity index (χ2v) is 5.04. The van der Waals surface area contributed by atoms with Crippen molar-refractivity contribution in [2.45, 2.75) is 26.7 Å². The molecular weight excluding hydrogens is 240 g/mol. The average molecular weight is 262 g/mol. The molecule has 0 unspecified atom stereocenters. The van der Waals surface area contributed by atoms with Gasteiger partial charge in [0, 0.05) is 7.05 Å². The zero-order valence-electron chi connectivity index (χ0n) is 11.8. The van der Waals surface area contributed by atoms with E-state index in [1.807, 2.05) is 12.1 Å². The van der Waals surface area contributed by atoms with Gasteiger partial charge in [-0.3, -0.25) is 9.59 Å². The molecular formula is C15H22N2O2. The van der Waals surface area contributed by atoms with Gasteiger partial charge in [0.05, 0.1) is 13.0 Å². The average Bonchev–Trinajstić information content (AvgIpc) is 2.37. The van der Waals surface area contributed by atoms with Gasteiger partial charge in [-0.05, 0) is 23.5 Å². The molecule has 2 N–H and O–H groups in total. The molecule has 0 saturated carbocycles. The first-order valence-corrected chi connectivity index (χ1v) is 6.56. The first-order valence-electron chi connectivity index (χ1n) is 6.56. The van der Waals surface area contributed by atoms with Crippen LogP contribution in [0.15, 0.2) is 24.3 Å². The summed E-state index contributed by atoms with van der Waals surface area (Å²) in [5.41, 5.74) is 2.24. The van der Waals surface area contributed by atoms with Crippen molar-refractivity contribution in [3.05, 3.63) is 35.4 Å². The molecule has 0 atom stereocenters. The smallest absolute Gasteiger partial charge is 0.239 e. The highest BCUT2D eigenvalue weighted by molar-refractivity contribution is 5.85. The lowest BCUT2D eigenvalue weighted by Crippen LogP contribution is -2.35. The van der Waals surface area contributed by atoms with Crippen LogP contribution in [-0.2, 0) is 22.4 Å². The Kier molecular flexibility index (Phi) is 6.06. The van der Waals surface area contributed by atoms with Crippen LogP contribution in [0.5, 0.6) is 0 Å². The molecule has 19 heavy (non-hydrogen) atoms. The molecule has 0 saturated heterocycles. The maximum atomic E-state index is 11.6. The van der Waals surface area contributed by atoms with Crippen molar-refractivity contribution in [3.8, 4) is 0 Å². The number of likely N-dealkylation sites (N-methyl/N-ethyl adjacent to an activating group) is 1. The molecule has 0 aliphatic rings. The summed E-state index contributed by atoms with van der Waals surface area (Å²) < 4.78 is 0. The van der Waals surface area contributed by atoms with Gasteiger partial charge >= 0.3 is 0 Å². The second-order valence-electron chi connectivity index (χ2n) is 5.04. The van der Waals surface area contributed by atoms with Crippen LogP contribution in [0, 0.1) is 5.92 Å². The number of hydrogen-bond donors (Lipinski definition) is 2. The standard InChI is InChI=1S/C15H22N2O2/c1-11(2)8-12-4-6-13(7-5-12)9-14(18)17-10-15(19)16-3/h4-7,11H,8-10H2,1-3H3,(H,16,19)(H,17,18). The van der Waals surface area contributed by atoms with Crippen LogP contribution in [-0.4, -0.2) is 25.4 Å². The van der Waals surface area contributed by atoms with Gasteiger partial charge in [0.15, 0.2) is 0 Å². The highest BCUT2D eigenvalue weighted by Crippen LogP contribution is 2.10. The Balaban J connectivity index is 2.44.